The molecule has 0 spiro atoms. The molecule has 186 valence electrons. The first-order chi connectivity index (χ1) is 18.5. The minimum atomic E-state index is -0.0673. The van der Waals surface area contributed by atoms with Crippen LogP contribution in [0.3, 0.4) is 0 Å². The van der Waals surface area contributed by atoms with Gasteiger partial charge >= 0.3 is 0 Å². The highest BCUT2D eigenvalue weighted by Crippen LogP contribution is 2.21. The quantitative estimate of drug-likeness (QED) is 0.228. The van der Waals surface area contributed by atoms with Crippen molar-refractivity contribution in [1.29, 1.82) is 0 Å². The molecule has 0 saturated heterocycles. The minimum absolute atomic E-state index is 0.0176. The van der Waals surface area contributed by atoms with E-state index in [4.69, 9.17) is 0 Å². The lowest BCUT2D eigenvalue weighted by Crippen LogP contribution is -2.07. The zero-order chi connectivity index (χ0) is 26.5. The molecule has 5 heteroatoms. The number of hydrogen-bond acceptors (Lipinski definition) is 4. The number of aryl methyl sites for hydroxylation is 1. The summed E-state index contributed by atoms with van der Waals surface area (Å²) in [6.45, 7) is 0. The van der Waals surface area contributed by atoms with Crippen LogP contribution in [-0.2, 0) is 19.9 Å². The molecule has 4 aromatic carbocycles. The second-order valence-electron chi connectivity index (χ2n) is 9.18. The summed E-state index contributed by atoms with van der Waals surface area (Å²) in [6.07, 6.45) is 0.529. The van der Waals surface area contributed by atoms with Crippen LogP contribution >= 0.6 is 0 Å². The molecule has 5 rings (SSSR count). The van der Waals surface area contributed by atoms with E-state index in [1.807, 2.05) is 85.9 Å². The second-order valence-corrected chi connectivity index (χ2v) is 9.18. The SMILES string of the molecule is Cn1nc(-c2ccc(CC(=O)c3ccc(C(=O)c4ccccc4)cc3)cc2)cc1CC(=O)c1ccccc1. The third-order valence-corrected chi connectivity index (χ3v) is 6.53. The minimum Gasteiger partial charge on any atom is -0.294 e. The molecule has 0 bridgehead atoms. The molecule has 0 atom stereocenters. The summed E-state index contributed by atoms with van der Waals surface area (Å²) in [7, 11) is 1.84. The van der Waals surface area contributed by atoms with Crippen LogP contribution in [-0.4, -0.2) is 27.1 Å². The first-order valence-electron chi connectivity index (χ1n) is 12.4. The van der Waals surface area contributed by atoms with Gasteiger partial charge in [-0.15, -0.1) is 0 Å². The lowest BCUT2D eigenvalue weighted by atomic mass is 9.98. The maximum atomic E-state index is 12.9. The van der Waals surface area contributed by atoms with E-state index in [1.54, 1.807) is 41.1 Å². The smallest absolute Gasteiger partial charge is 0.193 e. The molecule has 38 heavy (non-hydrogen) atoms. The molecule has 0 radical (unpaired) electrons. The lowest BCUT2D eigenvalue weighted by molar-refractivity contribution is 0.0983. The predicted octanol–water partition coefficient (Wildman–Crippen LogP) is 6.17. The number of carbonyl (C=O) groups excluding carboxylic acids is 3. The van der Waals surface area contributed by atoms with Gasteiger partial charge in [-0.3, -0.25) is 19.1 Å². The second kappa shape index (κ2) is 11.0. The number of carbonyl (C=O) groups is 3. The first-order valence-corrected chi connectivity index (χ1v) is 12.4. The van der Waals surface area contributed by atoms with Gasteiger partial charge in [0.15, 0.2) is 17.3 Å². The molecule has 1 heterocycles. The molecular weight excluding hydrogens is 472 g/mol. The molecule has 0 fully saturated rings. The number of aromatic nitrogens is 2. The van der Waals surface area contributed by atoms with Crippen molar-refractivity contribution in [1.82, 2.24) is 9.78 Å². The Morgan fingerprint density at radius 2 is 1.11 bits per heavy atom. The third-order valence-electron chi connectivity index (χ3n) is 6.53. The van der Waals surface area contributed by atoms with Gasteiger partial charge in [0, 0.05) is 47.0 Å². The van der Waals surface area contributed by atoms with Gasteiger partial charge in [-0.25, -0.2) is 0 Å². The highest BCUT2D eigenvalue weighted by atomic mass is 16.1. The molecule has 0 aliphatic rings. The molecule has 0 saturated carbocycles. The van der Waals surface area contributed by atoms with Crippen LogP contribution in [0.2, 0.25) is 0 Å². The predicted molar refractivity (Wildman–Crippen MR) is 147 cm³/mol. The van der Waals surface area contributed by atoms with Gasteiger partial charge in [0.2, 0.25) is 0 Å². The summed E-state index contributed by atoms with van der Waals surface area (Å²) >= 11 is 0. The summed E-state index contributed by atoms with van der Waals surface area (Å²) in [5, 5.41) is 4.58. The van der Waals surface area contributed by atoms with E-state index in [1.165, 1.54) is 0 Å². The zero-order valence-electron chi connectivity index (χ0n) is 21.0. The van der Waals surface area contributed by atoms with Crippen molar-refractivity contribution >= 4 is 17.3 Å². The molecule has 0 amide bonds. The van der Waals surface area contributed by atoms with Crippen molar-refractivity contribution < 1.29 is 14.4 Å². The number of ketones is 3. The largest absolute Gasteiger partial charge is 0.294 e. The summed E-state index contributed by atoms with van der Waals surface area (Å²) in [6, 6.07) is 34.8. The van der Waals surface area contributed by atoms with Crippen molar-refractivity contribution in [3.05, 3.63) is 149 Å². The van der Waals surface area contributed by atoms with Gasteiger partial charge in [0.05, 0.1) is 12.1 Å². The first kappa shape index (κ1) is 24.8. The number of benzene rings is 4. The van der Waals surface area contributed by atoms with E-state index in [2.05, 4.69) is 5.10 Å². The Morgan fingerprint density at radius 1 is 0.605 bits per heavy atom. The molecule has 0 N–H and O–H groups in total. The van der Waals surface area contributed by atoms with Gasteiger partial charge in [0.1, 0.15) is 0 Å². The van der Waals surface area contributed by atoms with E-state index in [9.17, 15) is 14.4 Å². The maximum Gasteiger partial charge on any atom is 0.193 e. The molecule has 1 aromatic heterocycles. The molecule has 5 aromatic rings. The molecule has 0 aliphatic heterocycles. The third kappa shape index (κ3) is 5.57. The van der Waals surface area contributed by atoms with Crippen LogP contribution in [0.25, 0.3) is 11.3 Å². The fraction of sp³-hybridized carbons (Fsp3) is 0.0909. The zero-order valence-corrected chi connectivity index (χ0v) is 21.0. The highest BCUT2D eigenvalue weighted by Gasteiger charge is 2.14. The Balaban J connectivity index is 1.23. The van der Waals surface area contributed by atoms with Crippen LogP contribution in [0.1, 0.15) is 47.9 Å². The number of hydrogen-bond donors (Lipinski definition) is 0. The molecular formula is C33H26N2O3. The summed E-state index contributed by atoms with van der Waals surface area (Å²) < 4.78 is 1.74. The van der Waals surface area contributed by atoms with Crippen LogP contribution in [0.4, 0.5) is 0 Å². The summed E-state index contributed by atoms with van der Waals surface area (Å²) in [5.41, 5.74) is 5.84. The fourth-order valence-corrected chi connectivity index (χ4v) is 4.35. The Hall–Kier alpha value is -4.90. The average molecular weight is 499 g/mol. The van der Waals surface area contributed by atoms with Crippen molar-refractivity contribution in [2.24, 2.45) is 7.05 Å². The van der Waals surface area contributed by atoms with E-state index in [0.29, 0.717) is 22.3 Å². The van der Waals surface area contributed by atoms with Crippen molar-refractivity contribution in [3.8, 4) is 11.3 Å². The Labute approximate surface area is 221 Å². The monoisotopic (exact) mass is 498 g/mol. The van der Waals surface area contributed by atoms with Crippen LogP contribution in [0.5, 0.6) is 0 Å². The van der Waals surface area contributed by atoms with Gasteiger partial charge in [-0.05, 0) is 11.6 Å². The van der Waals surface area contributed by atoms with Gasteiger partial charge in [0.25, 0.3) is 0 Å². The van der Waals surface area contributed by atoms with Crippen molar-refractivity contribution in [3.63, 3.8) is 0 Å². The maximum absolute atomic E-state index is 12.9. The summed E-state index contributed by atoms with van der Waals surface area (Å²) in [4.78, 5) is 38.1. The standard InChI is InChI=1S/C33H26N2O3/c1-35-29(22-32(37)25-8-4-2-5-9-25)21-30(34-35)24-14-12-23(13-15-24)20-31(36)26-16-18-28(19-17-26)33(38)27-10-6-3-7-11-27/h2-19,21H,20,22H2,1H3. The average Bonchev–Trinajstić information content (AvgIpc) is 3.33. The lowest BCUT2D eigenvalue weighted by Gasteiger charge is -2.05. The molecule has 5 nitrogen and oxygen atoms in total. The van der Waals surface area contributed by atoms with E-state index in [-0.39, 0.29) is 30.2 Å². The number of Topliss-reactive ketones (excluding diaryl/α,β-unsaturated/α-hetero) is 2. The van der Waals surface area contributed by atoms with E-state index < -0.39 is 0 Å². The van der Waals surface area contributed by atoms with Crippen molar-refractivity contribution in [2.45, 2.75) is 12.8 Å². The number of nitrogens with zero attached hydrogens (tertiary/aromatic N) is 2. The normalized spacial score (nSPS) is 10.8. The van der Waals surface area contributed by atoms with Gasteiger partial charge < -0.3 is 0 Å². The highest BCUT2D eigenvalue weighted by molar-refractivity contribution is 6.09. The van der Waals surface area contributed by atoms with Gasteiger partial charge in [-0.1, -0.05) is 109 Å². The van der Waals surface area contributed by atoms with Crippen LogP contribution in [0, 0.1) is 0 Å². The van der Waals surface area contributed by atoms with Crippen LogP contribution in [0.15, 0.2) is 115 Å². The van der Waals surface area contributed by atoms with Gasteiger partial charge in [-0.2, -0.15) is 5.10 Å². The number of rotatable bonds is 9. The Morgan fingerprint density at radius 3 is 1.74 bits per heavy atom. The van der Waals surface area contributed by atoms with Crippen molar-refractivity contribution in [2.75, 3.05) is 0 Å². The Kier molecular flexibility index (Phi) is 7.18. The van der Waals surface area contributed by atoms with E-state index >= 15 is 0 Å². The summed E-state index contributed by atoms with van der Waals surface area (Å²) in [5.74, 6) is -0.0372. The Bertz CT molecular complexity index is 1580. The molecule has 0 aliphatic carbocycles. The van der Waals surface area contributed by atoms with Crippen LogP contribution < -0.4 is 0 Å². The topological polar surface area (TPSA) is 69.0 Å². The van der Waals surface area contributed by atoms with E-state index in [0.717, 1.165) is 22.5 Å². The molecule has 0 unspecified atom stereocenters. The fourth-order valence-electron chi connectivity index (χ4n) is 4.35.